The fraction of sp³-hybridized carbons (Fsp3) is 0.471. The average Bonchev–Trinajstić information content (AvgIpc) is 2.54. The van der Waals surface area contributed by atoms with Crippen LogP contribution >= 0.6 is 0 Å². The smallest absolute Gasteiger partial charge is 0.256 e. The van der Waals surface area contributed by atoms with Crippen LogP contribution in [0.15, 0.2) is 24.3 Å². The summed E-state index contributed by atoms with van der Waals surface area (Å²) < 4.78 is 12.9. The van der Waals surface area contributed by atoms with Gasteiger partial charge < -0.3 is 10.0 Å². The van der Waals surface area contributed by atoms with E-state index in [9.17, 15) is 23.9 Å². The lowest BCUT2D eigenvalue weighted by Crippen LogP contribution is -2.51. The van der Waals surface area contributed by atoms with E-state index in [1.165, 1.54) is 29.2 Å². The zero-order valence-corrected chi connectivity index (χ0v) is 13.1. The second kappa shape index (κ2) is 6.32. The van der Waals surface area contributed by atoms with Gasteiger partial charge in [-0.1, -0.05) is 12.1 Å². The Morgan fingerprint density at radius 3 is 2.21 bits per heavy atom. The summed E-state index contributed by atoms with van der Waals surface area (Å²) in [5.74, 6) is -1.41. The molecule has 0 aliphatic carbocycles. The van der Waals surface area contributed by atoms with Gasteiger partial charge in [-0.05, 0) is 36.0 Å². The molecular weight excluding hydrogens is 315 g/mol. The molecule has 6 nitrogen and oxygen atoms in total. The molecule has 0 bridgehead atoms. The van der Waals surface area contributed by atoms with Gasteiger partial charge in [0.05, 0.1) is 0 Å². The largest absolute Gasteiger partial charge is 0.378 e. The highest BCUT2D eigenvalue weighted by atomic mass is 19.1. The molecule has 2 heterocycles. The van der Waals surface area contributed by atoms with Crippen LogP contribution in [0.1, 0.15) is 37.4 Å². The van der Waals surface area contributed by atoms with E-state index in [1.807, 2.05) is 0 Å². The Balaban J connectivity index is 1.63. The van der Waals surface area contributed by atoms with Crippen LogP contribution in [0.4, 0.5) is 4.39 Å². The molecule has 24 heavy (non-hydrogen) atoms. The molecule has 2 saturated heterocycles. The standard InChI is InChI=1S/C17H19FN2O4/c18-12-3-1-11(2-4-12)15(23)16(24)20-7-5-17(6-8-20)9-13(21)19-14(22)10-17/h1-4,15,23H,5-10H2,(H,19,21,22). The molecule has 2 aliphatic rings. The van der Waals surface area contributed by atoms with E-state index in [4.69, 9.17) is 0 Å². The summed E-state index contributed by atoms with van der Waals surface area (Å²) in [4.78, 5) is 37.2. The van der Waals surface area contributed by atoms with Crippen molar-refractivity contribution >= 4 is 17.7 Å². The molecule has 0 saturated carbocycles. The minimum atomic E-state index is -1.34. The zero-order chi connectivity index (χ0) is 17.3. The second-order valence-corrected chi connectivity index (χ2v) is 6.60. The van der Waals surface area contributed by atoms with E-state index in [1.54, 1.807) is 0 Å². The number of rotatable bonds is 2. The molecule has 2 fully saturated rings. The van der Waals surface area contributed by atoms with Crippen LogP contribution in [0.3, 0.4) is 0 Å². The molecule has 7 heteroatoms. The lowest BCUT2D eigenvalue weighted by atomic mass is 9.71. The number of halogens is 1. The third kappa shape index (κ3) is 3.31. The number of benzene rings is 1. The monoisotopic (exact) mass is 334 g/mol. The first kappa shape index (κ1) is 16.6. The number of imide groups is 1. The molecule has 1 aromatic rings. The number of likely N-dealkylation sites (tertiary alicyclic amines) is 1. The number of hydrogen-bond donors (Lipinski definition) is 2. The van der Waals surface area contributed by atoms with Gasteiger partial charge >= 0.3 is 0 Å². The Kier molecular flexibility index (Phi) is 4.36. The maximum absolute atomic E-state index is 12.9. The highest BCUT2D eigenvalue weighted by Gasteiger charge is 2.43. The molecule has 1 spiro atoms. The molecule has 1 aromatic carbocycles. The number of aliphatic hydroxyl groups excluding tert-OH is 1. The van der Waals surface area contributed by atoms with Gasteiger partial charge in [0.2, 0.25) is 11.8 Å². The van der Waals surface area contributed by atoms with E-state index < -0.39 is 17.8 Å². The van der Waals surface area contributed by atoms with Crippen LogP contribution in [-0.4, -0.2) is 40.8 Å². The number of nitrogens with zero attached hydrogens (tertiary/aromatic N) is 1. The summed E-state index contributed by atoms with van der Waals surface area (Å²) in [6.45, 7) is 0.773. The van der Waals surface area contributed by atoms with Crippen molar-refractivity contribution in [3.8, 4) is 0 Å². The minimum Gasteiger partial charge on any atom is -0.378 e. The Morgan fingerprint density at radius 2 is 1.67 bits per heavy atom. The zero-order valence-electron chi connectivity index (χ0n) is 13.1. The van der Waals surface area contributed by atoms with E-state index >= 15 is 0 Å². The molecule has 2 N–H and O–H groups in total. The summed E-state index contributed by atoms with van der Waals surface area (Å²) >= 11 is 0. The molecule has 1 unspecified atom stereocenters. The van der Waals surface area contributed by atoms with Crippen LogP contribution < -0.4 is 5.32 Å². The lowest BCUT2D eigenvalue weighted by molar-refractivity contribution is -0.145. The van der Waals surface area contributed by atoms with Gasteiger partial charge in [-0.25, -0.2) is 4.39 Å². The first-order valence-electron chi connectivity index (χ1n) is 7.94. The molecule has 2 aliphatic heterocycles. The topological polar surface area (TPSA) is 86.7 Å². The van der Waals surface area contributed by atoms with Crippen LogP contribution in [-0.2, 0) is 14.4 Å². The summed E-state index contributed by atoms with van der Waals surface area (Å²) in [6, 6.07) is 5.16. The Morgan fingerprint density at radius 1 is 1.12 bits per heavy atom. The molecule has 3 amide bonds. The molecule has 128 valence electrons. The Labute approximate surface area is 138 Å². The van der Waals surface area contributed by atoms with Crippen molar-refractivity contribution in [3.63, 3.8) is 0 Å². The van der Waals surface area contributed by atoms with Crippen molar-refractivity contribution in [2.45, 2.75) is 31.8 Å². The molecule has 1 atom stereocenters. The van der Waals surface area contributed by atoms with E-state index in [0.29, 0.717) is 44.3 Å². The number of carbonyl (C=O) groups is 3. The number of hydrogen-bond acceptors (Lipinski definition) is 4. The molecule has 0 radical (unpaired) electrons. The van der Waals surface area contributed by atoms with Crippen molar-refractivity contribution in [2.75, 3.05) is 13.1 Å². The summed E-state index contributed by atoms with van der Waals surface area (Å²) in [5.41, 5.74) is -0.0364. The van der Waals surface area contributed by atoms with Crippen LogP contribution in [0.5, 0.6) is 0 Å². The third-order valence-corrected chi connectivity index (χ3v) is 4.91. The fourth-order valence-electron chi connectivity index (χ4n) is 3.50. The van der Waals surface area contributed by atoms with Crippen molar-refractivity contribution in [1.29, 1.82) is 0 Å². The number of aliphatic hydroxyl groups is 1. The maximum Gasteiger partial charge on any atom is 0.256 e. The predicted molar refractivity (Wildman–Crippen MR) is 82.0 cm³/mol. The van der Waals surface area contributed by atoms with Crippen molar-refractivity contribution < 1.29 is 23.9 Å². The van der Waals surface area contributed by atoms with E-state index in [0.717, 1.165) is 0 Å². The average molecular weight is 334 g/mol. The normalized spacial score (nSPS) is 21.5. The third-order valence-electron chi connectivity index (χ3n) is 4.91. The number of piperidine rings is 2. The Hall–Kier alpha value is -2.28. The summed E-state index contributed by atoms with van der Waals surface area (Å²) in [7, 11) is 0. The van der Waals surface area contributed by atoms with Gasteiger partial charge in [-0.2, -0.15) is 0 Å². The van der Waals surface area contributed by atoms with Crippen LogP contribution in [0.2, 0.25) is 0 Å². The summed E-state index contributed by atoms with van der Waals surface area (Å²) in [6.07, 6.45) is 0.348. The minimum absolute atomic E-state index is 0.266. The molecular formula is C17H19FN2O4. The quantitative estimate of drug-likeness (QED) is 0.787. The second-order valence-electron chi connectivity index (χ2n) is 6.60. The fourth-order valence-corrected chi connectivity index (χ4v) is 3.50. The number of nitrogens with one attached hydrogen (secondary N) is 1. The predicted octanol–water partition coefficient (Wildman–Crippen LogP) is 0.905. The van der Waals surface area contributed by atoms with Gasteiger partial charge in [0.1, 0.15) is 5.82 Å². The maximum atomic E-state index is 12.9. The van der Waals surface area contributed by atoms with Gasteiger partial charge in [-0.3, -0.25) is 19.7 Å². The van der Waals surface area contributed by atoms with Crippen molar-refractivity contribution in [2.24, 2.45) is 5.41 Å². The lowest BCUT2D eigenvalue weighted by Gasteiger charge is -2.43. The van der Waals surface area contributed by atoms with Crippen LogP contribution in [0, 0.1) is 11.2 Å². The highest BCUT2D eigenvalue weighted by molar-refractivity contribution is 5.98. The van der Waals surface area contributed by atoms with E-state index in [2.05, 4.69) is 5.32 Å². The van der Waals surface area contributed by atoms with Crippen molar-refractivity contribution in [3.05, 3.63) is 35.6 Å². The molecule has 3 rings (SSSR count). The van der Waals surface area contributed by atoms with Crippen molar-refractivity contribution in [1.82, 2.24) is 10.2 Å². The Bertz CT molecular complexity index is 648. The van der Waals surface area contributed by atoms with Crippen LogP contribution in [0.25, 0.3) is 0 Å². The SMILES string of the molecule is O=C1CC2(CCN(C(=O)C(O)c3ccc(F)cc3)CC2)CC(=O)N1. The summed E-state index contributed by atoms with van der Waals surface area (Å²) in [5, 5.41) is 12.5. The van der Waals surface area contributed by atoms with Gasteiger partial charge in [0.25, 0.3) is 5.91 Å². The van der Waals surface area contributed by atoms with Gasteiger partial charge in [0.15, 0.2) is 6.10 Å². The van der Waals surface area contributed by atoms with Gasteiger partial charge in [0, 0.05) is 25.9 Å². The first-order valence-corrected chi connectivity index (χ1v) is 7.94. The first-order chi connectivity index (χ1) is 11.4. The highest BCUT2D eigenvalue weighted by Crippen LogP contribution is 2.40. The van der Waals surface area contributed by atoms with E-state index in [-0.39, 0.29) is 17.2 Å². The molecule has 0 aromatic heterocycles. The number of carbonyl (C=O) groups excluding carboxylic acids is 3. The van der Waals surface area contributed by atoms with Gasteiger partial charge in [-0.15, -0.1) is 0 Å². The number of amides is 3.